The van der Waals surface area contributed by atoms with Crippen LogP contribution in [0.25, 0.3) is 0 Å². The summed E-state index contributed by atoms with van der Waals surface area (Å²) in [6.45, 7) is 8.29. The predicted octanol–water partition coefficient (Wildman–Crippen LogP) is 4.64. The third-order valence-corrected chi connectivity index (χ3v) is 6.33. The highest BCUT2D eigenvalue weighted by molar-refractivity contribution is 9.13. The summed E-state index contributed by atoms with van der Waals surface area (Å²) in [7, 11) is 0. The first-order valence-electron chi connectivity index (χ1n) is 5.72. The molecule has 1 N–H and O–H groups in total. The van der Waals surface area contributed by atoms with E-state index in [1.165, 1.54) is 8.66 Å². The minimum atomic E-state index is 0. The van der Waals surface area contributed by atoms with Crippen molar-refractivity contribution in [1.82, 2.24) is 10.2 Å². The second-order valence-electron chi connectivity index (χ2n) is 4.10. The Balaban J connectivity index is 0.00000162. The Labute approximate surface area is 148 Å². The van der Waals surface area contributed by atoms with Gasteiger partial charge in [-0.25, -0.2) is 0 Å². The summed E-state index contributed by atoms with van der Waals surface area (Å²) in [6.07, 6.45) is 3.04. The molecule has 110 valence electrons. The largest absolute Gasteiger partial charge is 0.314 e. The van der Waals surface area contributed by atoms with Crippen LogP contribution >= 0.6 is 68.0 Å². The normalized spacial score (nSPS) is 17.2. The average molecular weight is 453 g/mol. The van der Waals surface area contributed by atoms with Gasteiger partial charge >= 0.3 is 0 Å². The van der Waals surface area contributed by atoms with Gasteiger partial charge in [-0.3, -0.25) is 4.90 Å². The maximum atomic E-state index is 3.89. The molecule has 0 spiro atoms. The molecule has 0 radical (unpaired) electrons. The number of thiophene rings is 1. The van der Waals surface area contributed by atoms with Crippen LogP contribution in [0.3, 0.4) is 0 Å². The molecule has 1 fully saturated rings. The number of halogens is 4. The van der Waals surface area contributed by atoms with Gasteiger partial charge in [0.25, 0.3) is 0 Å². The number of rotatable bonds is 4. The summed E-state index contributed by atoms with van der Waals surface area (Å²) in [5, 5.41) is 3.40. The number of hydrogen-bond acceptors (Lipinski definition) is 3. The van der Waals surface area contributed by atoms with Crippen molar-refractivity contribution in [3.05, 3.63) is 31.9 Å². The Morgan fingerprint density at radius 1 is 1.37 bits per heavy atom. The summed E-state index contributed by atoms with van der Waals surface area (Å²) in [4.78, 5) is 3.95. The van der Waals surface area contributed by atoms with Crippen molar-refractivity contribution in [3.63, 3.8) is 0 Å². The molecule has 2 heterocycles. The first-order chi connectivity index (χ1) is 8.22. The van der Waals surface area contributed by atoms with Gasteiger partial charge in [0.1, 0.15) is 0 Å². The zero-order chi connectivity index (χ0) is 12.3. The van der Waals surface area contributed by atoms with E-state index in [-0.39, 0.29) is 24.8 Å². The standard InChI is InChI=1S/C12H16Br2N2S.2ClH/c1-2-3-10(16-6-4-15-5-7-16)11-8-9(13)12(14)17-11;;/h2,8,10,15H,1,3-7H2;2*1H/t10-;;/m0../s1. The Morgan fingerprint density at radius 3 is 2.47 bits per heavy atom. The molecule has 2 rings (SSSR count). The fraction of sp³-hybridized carbons (Fsp3) is 0.500. The summed E-state index contributed by atoms with van der Waals surface area (Å²) in [5.41, 5.74) is 0. The van der Waals surface area contributed by atoms with Crippen molar-refractivity contribution >= 4 is 68.0 Å². The minimum absolute atomic E-state index is 0. The quantitative estimate of drug-likeness (QED) is 0.669. The molecule has 0 amide bonds. The van der Waals surface area contributed by atoms with Crippen LogP contribution in [0, 0.1) is 0 Å². The van der Waals surface area contributed by atoms with Crippen molar-refractivity contribution in [2.24, 2.45) is 0 Å². The van der Waals surface area contributed by atoms with Gasteiger partial charge in [-0.15, -0.1) is 42.7 Å². The van der Waals surface area contributed by atoms with Crippen LogP contribution in [0.2, 0.25) is 0 Å². The SMILES string of the molecule is C=CC[C@@H](c1cc(Br)c(Br)s1)N1CCNCC1.Cl.Cl. The van der Waals surface area contributed by atoms with Crippen LogP contribution in [0.5, 0.6) is 0 Å². The first-order valence-corrected chi connectivity index (χ1v) is 8.13. The van der Waals surface area contributed by atoms with E-state index in [4.69, 9.17) is 0 Å². The molecule has 0 unspecified atom stereocenters. The second kappa shape index (κ2) is 9.77. The minimum Gasteiger partial charge on any atom is -0.314 e. The third-order valence-electron chi connectivity index (χ3n) is 2.97. The average Bonchev–Trinajstić information content (AvgIpc) is 2.67. The van der Waals surface area contributed by atoms with Crippen LogP contribution in [0.4, 0.5) is 0 Å². The summed E-state index contributed by atoms with van der Waals surface area (Å²) in [6, 6.07) is 2.70. The zero-order valence-corrected chi connectivity index (χ0v) is 16.0. The van der Waals surface area contributed by atoms with E-state index in [1.807, 2.05) is 17.4 Å². The molecule has 2 nitrogen and oxygen atoms in total. The predicted molar refractivity (Wildman–Crippen MR) is 96.2 cm³/mol. The van der Waals surface area contributed by atoms with Crippen molar-refractivity contribution in [2.75, 3.05) is 26.2 Å². The molecule has 19 heavy (non-hydrogen) atoms. The number of hydrogen-bond donors (Lipinski definition) is 1. The Hall–Kier alpha value is 0.900. The molecule has 1 aliphatic heterocycles. The summed E-state index contributed by atoms with van der Waals surface area (Å²) >= 11 is 8.96. The van der Waals surface area contributed by atoms with E-state index in [0.717, 1.165) is 37.1 Å². The van der Waals surface area contributed by atoms with Gasteiger partial charge in [0.2, 0.25) is 0 Å². The molecule has 0 bridgehead atoms. The lowest BCUT2D eigenvalue weighted by Crippen LogP contribution is -2.44. The molecule has 1 aromatic rings. The molecular formula is C12H18Br2Cl2N2S. The highest BCUT2D eigenvalue weighted by atomic mass is 79.9. The van der Waals surface area contributed by atoms with Crippen LogP contribution in [0.1, 0.15) is 17.3 Å². The van der Waals surface area contributed by atoms with E-state index in [9.17, 15) is 0 Å². The molecule has 1 saturated heterocycles. The van der Waals surface area contributed by atoms with Crippen molar-refractivity contribution in [2.45, 2.75) is 12.5 Å². The lowest BCUT2D eigenvalue weighted by Gasteiger charge is -2.34. The highest BCUT2D eigenvalue weighted by Gasteiger charge is 2.23. The van der Waals surface area contributed by atoms with Gasteiger partial charge in [-0.1, -0.05) is 6.08 Å². The maximum Gasteiger partial charge on any atom is 0.0843 e. The van der Waals surface area contributed by atoms with Gasteiger partial charge in [0, 0.05) is 41.6 Å². The molecule has 1 aromatic heterocycles. The first kappa shape index (κ1) is 19.9. The summed E-state index contributed by atoms with van der Waals surface area (Å²) in [5.74, 6) is 0. The molecule has 1 aliphatic rings. The molecule has 7 heteroatoms. The Morgan fingerprint density at radius 2 is 2.00 bits per heavy atom. The topological polar surface area (TPSA) is 15.3 Å². The third kappa shape index (κ3) is 5.30. The molecular weight excluding hydrogens is 435 g/mol. The van der Waals surface area contributed by atoms with Crippen LogP contribution in [0.15, 0.2) is 27.0 Å². The lowest BCUT2D eigenvalue weighted by molar-refractivity contribution is 0.177. The van der Waals surface area contributed by atoms with Crippen molar-refractivity contribution in [1.29, 1.82) is 0 Å². The van der Waals surface area contributed by atoms with Crippen molar-refractivity contribution in [3.8, 4) is 0 Å². The summed E-state index contributed by atoms with van der Waals surface area (Å²) < 4.78 is 2.33. The lowest BCUT2D eigenvalue weighted by atomic mass is 10.1. The van der Waals surface area contributed by atoms with E-state index < -0.39 is 0 Å². The van der Waals surface area contributed by atoms with Gasteiger partial charge in [0.05, 0.1) is 3.79 Å². The monoisotopic (exact) mass is 450 g/mol. The fourth-order valence-electron chi connectivity index (χ4n) is 2.12. The second-order valence-corrected chi connectivity index (χ2v) is 7.35. The molecule has 0 aromatic carbocycles. The van der Waals surface area contributed by atoms with Gasteiger partial charge in [-0.05, 0) is 44.3 Å². The van der Waals surface area contributed by atoms with Gasteiger partial charge < -0.3 is 5.32 Å². The Kier molecular flexibility index (Phi) is 10.2. The maximum absolute atomic E-state index is 3.89. The van der Waals surface area contributed by atoms with Crippen LogP contribution < -0.4 is 5.32 Å². The van der Waals surface area contributed by atoms with E-state index in [1.54, 1.807) is 0 Å². The number of nitrogens with zero attached hydrogens (tertiary/aromatic N) is 1. The fourth-order valence-corrected chi connectivity index (χ4v) is 4.36. The molecule has 0 aliphatic carbocycles. The van der Waals surface area contributed by atoms with Gasteiger partial charge in [0.15, 0.2) is 0 Å². The molecule has 0 saturated carbocycles. The Bertz CT molecular complexity index is 376. The number of nitrogens with one attached hydrogen (secondary N) is 1. The highest BCUT2D eigenvalue weighted by Crippen LogP contribution is 2.38. The van der Waals surface area contributed by atoms with E-state index in [2.05, 4.69) is 54.7 Å². The van der Waals surface area contributed by atoms with Crippen LogP contribution in [-0.2, 0) is 0 Å². The van der Waals surface area contributed by atoms with Gasteiger partial charge in [-0.2, -0.15) is 0 Å². The van der Waals surface area contributed by atoms with Crippen LogP contribution in [-0.4, -0.2) is 31.1 Å². The van der Waals surface area contributed by atoms with E-state index in [0.29, 0.717) is 6.04 Å². The molecule has 1 atom stereocenters. The number of piperazine rings is 1. The van der Waals surface area contributed by atoms with Crippen molar-refractivity contribution < 1.29 is 0 Å². The smallest absolute Gasteiger partial charge is 0.0843 e. The zero-order valence-electron chi connectivity index (χ0n) is 10.4. The van der Waals surface area contributed by atoms with E-state index >= 15 is 0 Å².